The monoisotopic (exact) mass is 351 g/mol. The van der Waals surface area contributed by atoms with Crippen LogP contribution in [0.1, 0.15) is 24.2 Å². The van der Waals surface area contributed by atoms with Gasteiger partial charge in [0.05, 0.1) is 18.3 Å². The first-order chi connectivity index (χ1) is 12.1. The average Bonchev–Trinajstić information content (AvgIpc) is 3.07. The maximum absolute atomic E-state index is 12.9. The normalized spacial score (nSPS) is 15.9. The van der Waals surface area contributed by atoms with Crippen molar-refractivity contribution in [2.24, 2.45) is 0 Å². The Bertz CT molecular complexity index is 917. The van der Waals surface area contributed by atoms with Crippen LogP contribution in [0.5, 0.6) is 0 Å². The van der Waals surface area contributed by atoms with Gasteiger partial charge in [-0.15, -0.1) is 0 Å². The third-order valence-electron chi connectivity index (χ3n) is 4.62. The van der Waals surface area contributed by atoms with Crippen molar-refractivity contribution >= 4 is 23.3 Å². The summed E-state index contributed by atoms with van der Waals surface area (Å²) in [5, 5.41) is 3.62. The van der Waals surface area contributed by atoms with Crippen LogP contribution in [0.25, 0.3) is 5.69 Å². The number of nitrogens with zero attached hydrogens (tertiary/aromatic N) is 2. The Labute approximate surface area is 151 Å². The van der Waals surface area contributed by atoms with Gasteiger partial charge in [0, 0.05) is 22.6 Å². The number of carbonyl (C=O) groups excluding carboxylic acids is 1. The highest BCUT2D eigenvalue weighted by Crippen LogP contribution is 2.32. The maximum atomic E-state index is 12.9. The molecule has 1 aromatic heterocycles. The molecule has 0 spiro atoms. The number of hydrogen-bond acceptors (Lipinski definition) is 1. The van der Waals surface area contributed by atoms with Crippen LogP contribution in [-0.4, -0.2) is 15.5 Å². The Kier molecular flexibility index (Phi) is 3.98. The third kappa shape index (κ3) is 2.89. The maximum Gasteiger partial charge on any atom is 0.322 e. The summed E-state index contributed by atoms with van der Waals surface area (Å²) in [7, 11) is 0. The molecule has 1 aliphatic heterocycles. The largest absolute Gasteiger partial charge is 0.322 e. The number of halogens is 1. The van der Waals surface area contributed by atoms with Gasteiger partial charge in [0.1, 0.15) is 0 Å². The molecule has 0 fully saturated rings. The molecular weight excluding hydrogens is 334 g/mol. The first-order valence-electron chi connectivity index (χ1n) is 8.22. The number of anilines is 1. The van der Waals surface area contributed by atoms with Gasteiger partial charge < -0.3 is 14.8 Å². The number of hydrogen-bond donors (Lipinski definition) is 1. The fourth-order valence-electron chi connectivity index (χ4n) is 3.29. The number of para-hydroxylation sites is 1. The van der Waals surface area contributed by atoms with Gasteiger partial charge in [-0.25, -0.2) is 4.79 Å². The molecule has 0 radical (unpaired) electrons. The fourth-order valence-corrected chi connectivity index (χ4v) is 3.42. The van der Waals surface area contributed by atoms with Gasteiger partial charge in [-0.05, 0) is 55.0 Å². The van der Waals surface area contributed by atoms with Crippen LogP contribution in [0, 0.1) is 0 Å². The highest BCUT2D eigenvalue weighted by Gasteiger charge is 2.28. The number of fused-ring (bicyclic) bond motifs is 3. The Morgan fingerprint density at radius 2 is 1.84 bits per heavy atom. The molecule has 3 aromatic rings. The van der Waals surface area contributed by atoms with E-state index in [-0.39, 0.29) is 12.1 Å². The molecule has 0 saturated heterocycles. The molecule has 25 heavy (non-hydrogen) atoms. The van der Waals surface area contributed by atoms with Gasteiger partial charge in [-0.1, -0.05) is 29.8 Å². The van der Waals surface area contributed by atoms with Gasteiger partial charge in [-0.3, -0.25) is 0 Å². The van der Waals surface area contributed by atoms with E-state index in [1.54, 1.807) is 24.3 Å². The SMILES string of the molecule is CC1c2cccn2-c2ccccc2CN1C(=O)Nc1ccc(Cl)cc1. The lowest BCUT2D eigenvalue weighted by Crippen LogP contribution is -2.36. The summed E-state index contributed by atoms with van der Waals surface area (Å²) in [6, 6.07) is 19.2. The predicted octanol–water partition coefficient (Wildman–Crippen LogP) is 5.24. The van der Waals surface area contributed by atoms with Crippen molar-refractivity contribution < 1.29 is 4.79 Å². The number of benzene rings is 2. The molecule has 4 nitrogen and oxygen atoms in total. The molecule has 0 bridgehead atoms. The minimum absolute atomic E-state index is 0.0466. The molecule has 2 heterocycles. The third-order valence-corrected chi connectivity index (χ3v) is 4.88. The zero-order valence-electron chi connectivity index (χ0n) is 13.8. The molecule has 5 heteroatoms. The molecule has 1 N–H and O–H groups in total. The van der Waals surface area contributed by atoms with Gasteiger partial charge >= 0.3 is 6.03 Å². The van der Waals surface area contributed by atoms with E-state index in [2.05, 4.69) is 35.0 Å². The summed E-state index contributed by atoms with van der Waals surface area (Å²) in [6.45, 7) is 2.61. The van der Waals surface area contributed by atoms with Crippen molar-refractivity contribution in [2.45, 2.75) is 19.5 Å². The van der Waals surface area contributed by atoms with Crippen molar-refractivity contribution in [3.8, 4) is 5.69 Å². The summed E-state index contributed by atoms with van der Waals surface area (Å²) >= 11 is 5.92. The minimum atomic E-state index is -0.126. The van der Waals surface area contributed by atoms with Gasteiger partial charge in [0.15, 0.2) is 0 Å². The van der Waals surface area contributed by atoms with Crippen LogP contribution in [0.3, 0.4) is 0 Å². The fraction of sp³-hybridized carbons (Fsp3) is 0.150. The summed E-state index contributed by atoms with van der Waals surface area (Å²) in [4.78, 5) is 14.8. The Morgan fingerprint density at radius 1 is 1.08 bits per heavy atom. The quantitative estimate of drug-likeness (QED) is 0.639. The Balaban J connectivity index is 1.68. The summed E-state index contributed by atoms with van der Waals surface area (Å²) in [5.41, 5.74) is 4.07. The standard InChI is InChI=1S/C20H18ClN3O/c1-14-18-7-4-12-23(18)19-6-3-2-5-15(19)13-24(14)20(25)22-17-10-8-16(21)9-11-17/h2-12,14H,13H2,1H3,(H,22,25). The van der Waals surface area contributed by atoms with Crippen LogP contribution in [0.15, 0.2) is 66.9 Å². The second-order valence-electron chi connectivity index (χ2n) is 6.17. The topological polar surface area (TPSA) is 37.3 Å². The summed E-state index contributed by atoms with van der Waals surface area (Å²) in [6.07, 6.45) is 2.05. The van der Waals surface area contributed by atoms with Crippen molar-refractivity contribution in [1.82, 2.24) is 9.47 Å². The van der Waals surface area contributed by atoms with E-state index in [1.807, 2.05) is 29.3 Å². The second-order valence-corrected chi connectivity index (χ2v) is 6.61. The number of nitrogens with one attached hydrogen (secondary N) is 1. The number of carbonyl (C=O) groups is 1. The van der Waals surface area contributed by atoms with E-state index in [9.17, 15) is 4.79 Å². The smallest absolute Gasteiger partial charge is 0.318 e. The van der Waals surface area contributed by atoms with Gasteiger partial charge in [0.2, 0.25) is 0 Å². The van der Waals surface area contributed by atoms with Crippen molar-refractivity contribution in [3.63, 3.8) is 0 Å². The van der Waals surface area contributed by atoms with E-state index in [0.29, 0.717) is 11.6 Å². The molecule has 4 rings (SSSR count). The summed E-state index contributed by atoms with van der Waals surface area (Å²) < 4.78 is 2.16. The van der Waals surface area contributed by atoms with Gasteiger partial charge in [-0.2, -0.15) is 0 Å². The lowest BCUT2D eigenvalue weighted by Gasteiger charge is -2.27. The molecular formula is C20H18ClN3O. The van der Waals surface area contributed by atoms with E-state index in [0.717, 1.165) is 22.6 Å². The number of urea groups is 1. The van der Waals surface area contributed by atoms with Crippen LogP contribution in [-0.2, 0) is 6.54 Å². The zero-order chi connectivity index (χ0) is 17.4. The second kappa shape index (κ2) is 6.30. The van der Waals surface area contributed by atoms with E-state index in [1.165, 1.54) is 0 Å². The molecule has 1 aliphatic rings. The van der Waals surface area contributed by atoms with Crippen LogP contribution in [0.2, 0.25) is 5.02 Å². The molecule has 1 atom stereocenters. The summed E-state index contributed by atoms with van der Waals surface area (Å²) in [5.74, 6) is 0. The van der Waals surface area contributed by atoms with Crippen LogP contribution < -0.4 is 5.32 Å². The molecule has 126 valence electrons. The average molecular weight is 352 g/mol. The minimum Gasteiger partial charge on any atom is -0.318 e. The molecule has 0 aliphatic carbocycles. The molecule has 1 unspecified atom stereocenters. The highest BCUT2D eigenvalue weighted by molar-refractivity contribution is 6.30. The van der Waals surface area contributed by atoms with E-state index >= 15 is 0 Å². The lowest BCUT2D eigenvalue weighted by atomic mass is 10.1. The Hall–Kier alpha value is -2.72. The van der Waals surface area contributed by atoms with Crippen molar-refractivity contribution in [1.29, 1.82) is 0 Å². The lowest BCUT2D eigenvalue weighted by molar-refractivity contribution is 0.189. The van der Waals surface area contributed by atoms with E-state index < -0.39 is 0 Å². The number of aromatic nitrogens is 1. The van der Waals surface area contributed by atoms with Crippen molar-refractivity contribution in [3.05, 3.63) is 83.1 Å². The van der Waals surface area contributed by atoms with Crippen LogP contribution in [0.4, 0.5) is 10.5 Å². The van der Waals surface area contributed by atoms with E-state index in [4.69, 9.17) is 11.6 Å². The zero-order valence-corrected chi connectivity index (χ0v) is 14.6. The Morgan fingerprint density at radius 3 is 2.64 bits per heavy atom. The van der Waals surface area contributed by atoms with Crippen LogP contribution >= 0.6 is 11.6 Å². The van der Waals surface area contributed by atoms with Crippen molar-refractivity contribution in [2.75, 3.05) is 5.32 Å². The van der Waals surface area contributed by atoms with Gasteiger partial charge in [0.25, 0.3) is 0 Å². The first-order valence-corrected chi connectivity index (χ1v) is 8.60. The predicted molar refractivity (Wildman–Crippen MR) is 100 cm³/mol. The highest BCUT2D eigenvalue weighted by atomic mass is 35.5. The molecule has 2 aromatic carbocycles. The molecule has 0 saturated carbocycles. The number of amides is 2. The first kappa shape index (κ1) is 15.8. The molecule has 2 amide bonds. The number of rotatable bonds is 1.